The molecular weight excluding hydrogens is 298 g/mol. The van der Waals surface area contributed by atoms with E-state index in [0.717, 1.165) is 25.7 Å². The van der Waals surface area contributed by atoms with Crippen LogP contribution in [0.2, 0.25) is 0 Å². The standard InChI is InChI=1S/C21H33NO2/c1-7-15(8-2)16-9-11-17(12-10-16)19(23)24-18-13-20(3,4)22-21(5,6)14-18/h9-12,15,18,22H,7-8,13-14H2,1-6H3. The molecule has 0 radical (unpaired) electrons. The van der Waals surface area contributed by atoms with Crippen molar-refractivity contribution in [2.45, 2.75) is 90.3 Å². The zero-order valence-electron chi connectivity index (χ0n) is 16.1. The molecule has 0 aromatic heterocycles. The summed E-state index contributed by atoms with van der Waals surface area (Å²) in [4.78, 5) is 12.5. The van der Waals surface area contributed by atoms with Gasteiger partial charge in [-0.05, 0) is 64.2 Å². The summed E-state index contributed by atoms with van der Waals surface area (Å²) in [5.41, 5.74) is 1.91. The lowest BCUT2D eigenvalue weighted by Crippen LogP contribution is -2.59. The van der Waals surface area contributed by atoms with E-state index in [0.29, 0.717) is 11.5 Å². The summed E-state index contributed by atoms with van der Waals surface area (Å²) >= 11 is 0. The fourth-order valence-corrected chi connectivity index (χ4v) is 4.18. The molecule has 134 valence electrons. The predicted molar refractivity (Wildman–Crippen MR) is 99.5 cm³/mol. The van der Waals surface area contributed by atoms with Crippen LogP contribution < -0.4 is 5.32 Å². The van der Waals surface area contributed by atoms with Crippen molar-refractivity contribution in [3.63, 3.8) is 0 Å². The first kappa shape index (κ1) is 19.0. The molecule has 1 fully saturated rings. The fourth-order valence-electron chi connectivity index (χ4n) is 4.18. The second kappa shape index (κ2) is 7.26. The van der Waals surface area contributed by atoms with Crippen LogP contribution in [0.25, 0.3) is 0 Å². The van der Waals surface area contributed by atoms with Crippen molar-refractivity contribution in [2.75, 3.05) is 0 Å². The summed E-state index contributed by atoms with van der Waals surface area (Å²) in [6, 6.07) is 7.97. The Kier molecular flexibility index (Phi) is 5.74. The molecular formula is C21H33NO2. The zero-order valence-corrected chi connectivity index (χ0v) is 16.1. The number of ether oxygens (including phenoxy) is 1. The predicted octanol–water partition coefficient (Wildman–Crippen LogP) is 5.06. The lowest BCUT2D eigenvalue weighted by molar-refractivity contribution is -0.00637. The van der Waals surface area contributed by atoms with Crippen molar-refractivity contribution < 1.29 is 9.53 Å². The molecule has 1 aromatic carbocycles. The van der Waals surface area contributed by atoms with Gasteiger partial charge in [-0.15, -0.1) is 0 Å². The maximum atomic E-state index is 12.5. The van der Waals surface area contributed by atoms with Gasteiger partial charge in [0.2, 0.25) is 0 Å². The van der Waals surface area contributed by atoms with E-state index in [9.17, 15) is 4.79 Å². The van der Waals surface area contributed by atoms with Gasteiger partial charge in [-0.3, -0.25) is 0 Å². The van der Waals surface area contributed by atoms with Crippen LogP contribution in [0.1, 0.15) is 89.1 Å². The highest BCUT2D eigenvalue weighted by atomic mass is 16.5. The number of carbonyl (C=O) groups excluding carboxylic acids is 1. The summed E-state index contributed by atoms with van der Waals surface area (Å²) in [6.45, 7) is 13.1. The Morgan fingerprint density at radius 2 is 1.58 bits per heavy atom. The van der Waals surface area contributed by atoms with Crippen LogP contribution in [-0.4, -0.2) is 23.2 Å². The topological polar surface area (TPSA) is 38.3 Å². The van der Waals surface area contributed by atoms with Crippen LogP contribution in [0.3, 0.4) is 0 Å². The van der Waals surface area contributed by atoms with Crippen molar-refractivity contribution >= 4 is 5.97 Å². The van der Waals surface area contributed by atoms with Crippen LogP contribution in [-0.2, 0) is 4.74 Å². The Morgan fingerprint density at radius 1 is 1.08 bits per heavy atom. The summed E-state index contributed by atoms with van der Waals surface area (Å²) in [6.07, 6.45) is 3.89. The molecule has 1 aliphatic heterocycles. The SMILES string of the molecule is CCC(CC)c1ccc(C(=O)OC2CC(C)(C)NC(C)(C)C2)cc1. The van der Waals surface area contributed by atoms with E-state index in [-0.39, 0.29) is 23.2 Å². The molecule has 1 aliphatic rings. The molecule has 2 rings (SSSR count). The number of carbonyl (C=O) groups is 1. The van der Waals surface area contributed by atoms with Crippen molar-refractivity contribution in [1.29, 1.82) is 0 Å². The van der Waals surface area contributed by atoms with E-state index in [2.05, 4.69) is 59.0 Å². The maximum Gasteiger partial charge on any atom is 0.338 e. The van der Waals surface area contributed by atoms with Gasteiger partial charge in [-0.25, -0.2) is 4.79 Å². The second-order valence-electron chi connectivity index (χ2n) is 8.46. The molecule has 3 heteroatoms. The van der Waals surface area contributed by atoms with Gasteiger partial charge in [0.25, 0.3) is 0 Å². The van der Waals surface area contributed by atoms with Crippen LogP contribution in [0.4, 0.5) is 0 Å². The molecule has 0 bridgehead atoms. The normalized spacial score (nSPS) is 20.1. The Bertz CT molecular complexity index is 540. The van der Waals surface area contributed by atoms with Gasteiger partial charge in [-0.2, -0.15) is 0 Å². The first-order chi connectivity index (χ1) is 11.2. The lowest BCUT2D eigenvalue weighted by Gasteiger charge is -2.45. The minimum absolute atomic E-state index is 0.0218. The fraction of sp³-hybridized carbons (Fsp3) is 0.667. The van der Waals surface area contributed by atoms with Crippen LogP contribution >= 0.6 is 0 Å². The Hall–Kier alpha value is -1.35. The van der Waals surface area contributed by atoms with E-state index in [1.54, 1.807) is 0 Å². The van der Waals surface area contributed by atoms with E-state index >= 15 is 0 Å². The van der Waals surface area contributed by atoms with Crippen molar-refractivity contribution in [3.05, 3.63) is 35.4 Å². The highest BCUT2D eigenvalue weighted by molar-refractivity contribution is 5.89. The number of piperidine rings is 1. The molecule has 0 saturated carbocycles. The molecule has 0 spiro atoms. The molecule has 0 aliphatic carbocycles. The summed E-state index contributed by atoms with van der Waals surface area (Å²) in [7, 11) is 0. The number of benzene rings is 1. The number of hydrogen-bond donors (Lipinski definition) is 1. The number of nitrogens with one attached hydrogen (secondary N) is 1. The summed E-state index contributed by atoms with van der Waals surface area (Å²) in [5.74, 6) is 0.366. The monoisotopic (exact) mass is 331 g/mol. The number of hydrogen-bond acceptors (Lipinski definition) is 3. The van der Waals surface area contributed by atoms with Crippen molar-refractivity contribution in [1.82, 2.24) is 5.32 Å². The van der Waals surface area contributed by atoms with E-state index in [1.165, 1.54) is 5.56 Å². The molecule has 0 atom stereocenters. The largest absolute Gasteiger partial charge is 0.459 e. The molecule has 1 saturated heterocycles. The second-order valence-corrected chi connectivity index (χ2v) is 8.46. The third-order valence-corrected chi connectivity index (χ3v) is 5.03. The van der Waals surface area contributed by atoms with Gasteiger partial charge in [-0.1, -0.05) is 26.0 Å². The van der Waals surface area contributed by atoms with Crippen molar-refractivity contribution in [3.8, 4) is 0 Å². The average molecular weight is 332 g/mol. The third kappa shape index (κ3) is 4.83. The van der Waals surface area contributed by atoms with E-state index in [1.807, 2.05) is 12.1 Å². The average Bonchev–Trinajstić information content (AvgIpc) is 2.45. The van der Waals surface area contributed by atoms with Gasteiger partial charge in [0.1, 0.15) is 6.10 Å². The zero-order chi connectivity index (χ0) is 18.0. The molecule has 0 unspecified atom stereocenters. The van der Waals surface area contributed by atoms with Crippen LogP contribution in [0, 0.1) is 0 Å². The van der Waals surface area contributed by atoms with E-state index < -0.39 is 0 Å². The van der Waals surface area contributed by atoms with Gasteiger partial charge in [0.15, 0.2) is 0 Å². The molecule has 0 amide bonds. The van der Waals surface area contributed by atoms with Crippen LogP contribution in [0.5, 0.6) is 0 Å². The van der Waals surface area contributed by atoms with Crippen molar-refractivity contribution in [2.24, 2.45) is 0 Å². The molecule has 1 N–H and O–H groups in total. The summed E-state index contributed by atoms with van der Waals surface area (Å²) in [5, 5.41) is 3.62. The molecule has 1 aromatic rings. The van der Waals surface area contributed by atoms with Crippen LogP contribution in [0.15, 0.2) is 24.3 Å². The third-order valence-electron chi connectivity index (χ3n) is 5.03. The minimum Gasteiger partial charge on any atom is -0.459 e. The maximum absolute atomic E-state index is 12.5. The Labute approximate surface area is 147 Å². The first-order valence-corrected chi connectivity index (χ1v) is 9.26. The first-order valence-electron chi connectivity index (χ1n) is 9.26. The summed E-state index contributed by atoms with van der Waals surface area (Å²) < 4.78 is 5.82. The van der Waals surface area contributed by atoms with Gasteiger partial charge in [0.05, 0.1) is 5.56 Å². The Balaban J connectivity index is 2.04. The Morgan fingerprint density at radius 3 is 2.04 bits per heavy atom. The van der Waals surface area contributed by atoms with Gasteiger partial charge >= 0.3 is 5.97 Å². The van der Waals surface area contributed by atoms with E-state index in [4.69, 9.17) is 4.74 Å². The quantitative estimate of drug-likeness (QED) is 0.767. The molecule has 3 nitrogen and oxygen atoms in total. The molecule has 1 heterocycles. The molecule has 24 heavy (non-hydrogen) atoms. The highest BCUT2D eigenvalue weighted by Crippen LogP contribution is 2.31. The lowest BCUT2D eigenvalue weighted by atomic mass is 9.81. The highest BCUT2D eigenvalue weighted by Gasteiger charge is 2.39. The smallest absolute Gasteiger partial charge is 0.338 e. The van der Waals surface area contributed by atoms with Gasteiger partial charge < -0.3 is 10.1 Å². The number of esters is 1. The minimum atomic E-state index is -0.204. The van der Waals surface area contributed by atoms with Gasteiger partial charge in [0, 0.05) is 23.9 Å². The number of rotatable bonds is 5.